The van der Waals surface area contributed by atoms with Gasteiger partial charge in [-0.2, -0.15) is 0 Å². The molecule has 0 radical (unpaired) electrons. The van der Waals surface area contributed by atoms with Crippen LogP contribution in [0.25, 0.3) is 0 Å². The highest BCUT2D eigenvalue weighted by atomic mass is 79.9. The molecule has 0 fully saturated rings. The van der Waals surface area contributed by atoms with E-state index < -0.39 is 7.26 Å². The smallest absolute Gasteiger partial charge is 0.112 e. The van der Waals surface area contributed by atoms with Gasteiger partial charge in [-0.3, -0.25) is 0 Å². The van der Waals surface area contributed by atoms with Crippen molar-refractivity contribution < 1.29 is 17.0 Å². The monoisotopic (exact) mass is 506 g/mol. The van der Waals surface area contributed by atoms with Crippen LogP contribution in [0, 0.1) is 0 Å². The molecular formula is C30H36BrP. The molecule has 3 aromatic carbocycles. The van der Waals surface area contributed by atoms with Crippen LogP contribution in [0.2, 0.25) is 0 Å². The minimum atomic E-state index is -1.70. The number of halogens is 1. The molecule has 0 bridgehead atoms. The zero-order valence-corrected chi connectivity index (χ0v) is 21.7. The lowest BCUT2D eigenvalue weighted by atomic mass is 10.2. The maximum Gasteiger partial charge on any atom is 0.112 e. The molecule has 0 aromatic heterocycles. The van der Waals surface area contributed by atoms with E-state index in [9.17, 15) is 0 Å². The lowest BCUT2D eigenvalue weighted by molar-refractivity contribution is -0.00000619. The van der Waals surface area contributed by atoms with Gasteiger partial charge in [0.1, 0.15) is 23.2 Å². The third-order valence-corrected chi connectivity index (χ3v) is 10.3. The maximum absolute atomic E-state index is 2.39. The van der Waals surface area contributed by atoms with Crippen molar-refractivity contribution in [3.8, 4) is 0 Å². The first kappa shape index (κ1) is 26.3. The molecule has 0 spiro atoms. The molecule has 3 aromatic rings. The fourth-order valence-electron chi connectivity index (χ4n) is 4.17. The number of unbranched alkanes of at least 4 members (excludes halogenated alkanes) is 3. The lowest BCUT2D eigenvalue weighted by Gasteiger charge is -2.27. The summed E-state index contributed by atoms with van der Waals surface area (Å²) < 4.78 is 0. The summed E-state index contributed by atoms with van der Waals surface area (Å²) in [6.45, 7) is 2.26. The number of benzene rings is 3. The molecule has 3 rings (SSSR count). The predicted molar refractivity (Wildman–Crippen MR) is 142 cm³/mol. The molecular weight excluding hydrogens is 471 g/mol. The summed E-state index contributed by atoms with van der Waals surface area (Å²) in [5, 5.41) is 4.41. The predicted octanol–water partition coefficient (Wildman–Crippen LogP) is 4.46. The van der Waals surface area contributed by atoms with Crippen LogP contribution < -0.4 is 32.9 Å². The second-order valence-corrected chi connectivity index (χ2v) is 11.6. The number of hydrogen-bond acceptors (Lipinski definition) is 0. The zero-order chi connectivity index (χ0) is 21.6. The van der Waals surface area contributed by atoms with Crippen molar-refractivity contribution in [3.63, 3.8) is 0 Å². The topological polar surface area (TPSA) is 0 Å². The SMILES string of the molecule is CCCCC/C=C\C/C=C\CC[P+](c1ccccc1)(c1ccccc1)c1ccccc1.[Br-]. The largest absolute Gasteiger partial charge is 1.00 e. The molecule has 0 saturated carbocycles. The average molecular weight is 507 g/mol. The molecule has 0 aliphatic heterocycles. The normalized spacial score (nSPS) is 11.7. The van der Waals surface area contributed by atoms with Crippen molar-refractivity contribution in [2.45, 2.75) is 45.4 Å². The van der Waals surface area contributed by atoms with E-state index in [1.165, 1.54) is 41.6 Å². The van der Waals surface area contributed by atoms with Crippen molar-refractivity contribution in [2.75, 3.05) is 6.16 Å². The van der Waals surface area contributed by atoms with Crippen molar-refractivity contribution in [3.05, 3.63) is 115 Å². The molecule has 0 unspecified atom stereocenters. The molecule has 0 aliphatic carbocycles. The molecule has 0 nitrogen and oxygen atoms in total. The van der Waals surface area contributed by atoms with Gasteiger partial charge in [0.25, 0.3) is 0 Å². The summed E-state index contributed by atoms with van der Waals surface area (Å²) in [4.78, 5) is 0. The Morgan fingerprint density at radius 2 is 1.00 bits per heavy atom. The van der Waals surface area contributed by atoms with Gasteiger partial charge in [0, 0.05) is 6.42 Å². The van der Waals surface area contributed by atoms with Crippen LogP contribution in [0.3, 0.4) is 0 Å². The van der Waals surface area contributed by atoms with E-state index in [-0.39, 0.29) is 17.0 Å². The van der Waals surface area contributed by atoms with Crippen LogP contribution in [-0.4, -0.2) is 6.16 Å². The van der Waals surface area contributed by atoms with Crippen LogP contribution >= 0.6 is 7.26 Å². The fourth-order valence-corrected chi connectivity index (χ4v) is 8.42. The summed E-state index contributed by atoms with van der Waals surface area (Å²) in [6.07, 6.45) is 17.8. The number of hydrogen-bond donors (Lipinski definition) is 0. The van der Waals surface area contributed by atoms with Crippen LogP contribution in [0.4, 0.5) is 0 Å². The maximum atomic E-state index is 2.39. The summed E-state index contributed by atoms with van der Waals surface area (Å²) >= 11 is 0. The lowest BCUT2D eigenvalue weighted by Crippen LogP contribution is -3.00. The van der Waals surface area contributed by atoms with Gasteiger partial charge in [0.2, 0.25) is 0 Å². The highest BCUT2D eigenvalue weighted by Crippen LogP contribution is 2.55. The van der Waals surface area contributed by atoms with Gasteiger partial charge in [-0.05, 0) is 55.7 Å². The molecule has 0 amide bonds. The van der Waals surface area contributed by atoms with E-state index in [0.29, 0.717) is 0 Å². The van der Waals surface area contributed by atoms with Crippen molar-refractivity contribution >= 4 is 23.2 Å². The summed E-state index contributed by atoms with van der Waals surface area (Å²) in [6, 6.07) is 33.5. The van der Waals surface area contributed by atoms with E-state index in [4.69, 9.17) is 0 Å². The summed E-state index contributed by atoms with van der Waals surface area (Å²) in [7, 11) is -1.70. The van der Waals surface area contributed by atoms with Gasteiger partial charge in [-0.15, -0.1) is 0 Å². The van der Waals surface area contributed by atoms with Crippen LogP contribution in [0.1, 0.15) is 45.4 Å². The molecule has 0 atom stereocenters. The molecule has 0 heterocycles. The first-order valence-corrected chi connectivity index (χ1v) is 13.7. The molecule has 0 saturated heterocycles. The molecule has 0 aliphatic rings. The standard InChI is InChI=1S/C30H36P.BrH/c1-2-3-4-5-6-7-8-9-10-20-27-31(28-21-14-11-15-22-28,29-23-16-12-17-24-29)30-25-18-13-19-26-30;/h6-7,9-19,21-26H,2-5,8,20,27H2,1H3;1H/q+1;/p-1/b7-6-,10-9-;. The number of allylic oxidation sites excluding steroid dienone is 4. The number of rotatable bonds is 12. The van der Waals surface area contributed by atoms with E-state index in [0.717, 1.165) is 19.0 Å². The van der Waals surface area contributed by atoms with Crippen LogP contribution in [-0.2, 0) is 0 Å². The van der Waals surface area contributed by atoms with E-state index in [2.05, 4.69) is 122 Å². The van der Waals surface area contributed by atoms with Crippen LogP contribution in [0.5, 0.6) is 0 Å². The van der Waals surface area contributed by atoms with Gasteiger partial charge in [0.05, 0.1) is 6.16 Å². The summed E-state index contributed by atoms with van der Waals surface area (Å²) in [5.74, 6) is 0. The van der Waals surface area contributed by atoms with Gasteiger partial charge < -0.3 is 17.0 Å². The highest BCUT2D eigenvalue weighted by Gasteiger charge is 2.44. The first-order valence-electron chi connectivity index (χ1n) is 11.7. The van der Waals surface area contributed by atoms with Crippen molar-refractivity contribution in [1.82, 2.24) is 0 Å². The van der Waals surface area contributed by atoms with Crippen molar-refractivity contribution in [2.24, 2.45) is 0 Å². The first-order chi connectivity index (χ1) is 15.4. The Balaban J connectivity index is 0.00000363. The Morgan fingerprint density at radius 1 is 0.562 bits per heavy atom. The Bertz CT molecular complexity index is 820. The zero-order valence-electron chi connectivity index (χ0n) is 19.2. The quantitative estimate of drug-likeness (QED) is 0.193. The Hall–Kier alpha value is -1.95. The van der Waals surface area contributed by atoms with Gasteiger partial charge >= 0.3 is 0 Å². The Kier molecular flexibility index (Phi) is 12.3. The van der Waals surface area contributed by atoms with E-state index >= 15 is 0 Å². The molecule has 0 N–H and O–H groups in total. The Morgan fingerprint density at radius 3 is 1.44 bits per heavy atom. The van der Waals surface area contributed by atoms with Gasteiger partial charge in [-0.25, -0.2) is 0 Å². The van der Waals surface area contributed by atoms with Crippen molar-refractivity contribution in [1.29, 1.82) is 0 Å². The van der Waals surface area contributed by atoms with E-state index in [1.54, 1.807) is 0 Å². The highest BCUT2D eigenvalue weighted by molar-refractivity contribution is 7.95. The van der Waals surface area contributed by atoms with E-state index in [1.807, 2.05) is 0 Å². The molecule has 32 heavy (non-hydrogen) atoms. The minimum Gasteiger partial charge on any atom is -1.00 e. The fraction of sp³-hybridized carbons (Fsp3) is 0.267. The summed E-state index contributed by atoms with van der Waals surface area (Å²) in [5.41, 5.74) is 0. The van der Waals surface area contributed by atoms with Crippen LogP contribution in [0.15, 0.2) is 115 Å². The van der Waals surface area contributed by atoms with Gasteiger partial charge in [-0.1, -0.05) is 98.7 Å². The molecule has 2 heteroatoms. The minimum absolute atomic E-state index is 0. The average Bonchev–Trinajstić information content (AvgIpc) is 2.84. The second-order valence-electron chi connectivity index (χ2n) is 8.00. The van der Waals surface area contributed by atoms with Gasteiger partial charge in [0.15, 0.2) is 0 Å². The second kappa shape index (κ2) is 15.0. The third kappa shape index (κ3) is 7.29. The molecule has 168 valence electrons. The Labute approximate surface area is 206 Å². The third-order valence-electron chi connectivity index (χ3n) is 5.80.